The number of carbonyl (C=O) groups is 2. The highest BCUT2D eigenvalue weighted by molar-refractivity contribution is 5.87. The van der Waals surface area contributed by atoms with Crippen LogP contribution in [0.1, 0.15) is 28.9 Å². The molecule has 2 rings (SSSR count). The number of nitrogens with one attached hydrogen (secondary N) is 1. The first-order valence-corrected chi connectivity index (χ1v) is 5.78. The Morgan fingerprint density at radius 3 is 2.78 bits per heavy atom. The van der Waals surface area contributed by atoms with Crippen LogP contribution in [0, 0.1) is 5.92 Å². The van der Waals surface area contributed by atoms with Crippen molar-refractivity contribution in [2.45, 2.75) is 19.4 Å². The molecule has 5 nitrogen and oxygen atoms in total. The molecule has 94 valence electrons. The zero-order chi connectivity index (χ0) is 13.0. The van der Waals surface area contributed by atoms with Crippen molar-refractivity contribution in [2.24, 2.45) is 5.92 Å². The number of carbonyl (C=O) groups excluding carboxylic acids is 1. The molecule has 0 fully saturated rings. The Bertz CT molecular complexity index is 489. The highest BCUT2D eigenvalue weighted by Crippen LogP contribution is 2.17. The second kappa shape index (κ2) is 5.44. The molecule has 1 aromatic heterocycles. The molecule has 18 heavy (non-hydrogen) atoms. The number of rotatable bonds is 4. The largest absolute Gasteiger partial charge is 0.478 e. The van der Waals surface area contributed by atoms with Crippen LogP contribution in [0.4, 0.5) is 0 Å². The molecular formula is C13H14N2O3. The molecule has 1 aliphatic carbocycles. The molecule has 0 atom stereocenters. The first kappa shape index (κ1) is 12.3. The van der Waals surface area contributed by atoms with Gasteiger partial charge in [0.2, 0.25) is 5.91 Å². The maximum Gasteiger partial charge on any atom is 0.335 e. The van der Waals surface area contributed by atoms with Crippen molar-refractivity contribution >= 4 is 11.9 Å². The molecule has 0 bridgehead atoms. The lowest BCUT2D eigenvalue weighted by atomic mass is 10.1. The molecule has 0 saturated heterocycles. The van der Waals surface area contributed by atoms with Gasteiger partial charge in [-0.15, -0.1) is 0 Å². The summed E-state index contributed by atoms with van der Waals surface area (Å²) in [7, 11) is 0. The summed E-state index contributed by atoms with van der Waals surface area (Å²) in [5, 5.41) is 11.6. The molecule has 0 aliphatic heterocycles. The normalized spacial score (nSPS) is 14.7. The number of hydrogen-bond donors (Lipinski definition) is 2. The van der Waals surface area contributed by atoms with E-state index >= 15 is 0 Å². The number of carboxylic acids is 1. The molecule has 5 heteroatoms. The van der Waals surface area contributed by atoms with Crippen molar-refractivity contribution < 1.29 is 14.7 Å². The summed E-state index contributed by atoms with van der Waals surface area (Å²) in [6.07, 6.45) is 6.96. The fraction of sp³-hybridized carbons (Fsp3) is 0.308. The Kier molecular flexibility index (Phi) is 3.72. The lowest BCUT2D eigenvalue weighted by Gasteiger charge is -2.10. The highest BCUT2D eigenvalue weighted by Gasteiger charge is 2.18. The molecule has 2 N–H and O–H groups in total. The topological polar surface area (TPSA) is 79.3 Å². The third kappa shape index (κ3) is 2.94. The molecule has 1 aromatic rings. The van der Waals surface area contributed by atoms with Crippen molar-refractivity contribution in [1.29, 1.82) is 0 Å². The van der Waals surface area contributed by atoms with Crippen molar-refractivity contribution in [3.05, 3.63) is 41.7 Å². The van der Waals surface area contributed by atoms with Gasteiger partial charge in [-0.25, -0.2) is 4.79 Å². The molecule has 1 aliphatic rings. The monoisotopic (exact) mass is 246 g/mol. The summed E-state index contributed by atoms with van der Waals surface area (Å²) in [5.41, 5.74) is 0.728. The van der Waals surface area contributed by atoms with E-state index < -0.39 is 5.97 Å². The van der Waals surface area contributed by atoms with E-state index in [1.165, 1.54) is 18.3 Å². The standard InChI is InChI=1S/C13H14N2O3/c16-12(9-3-1-2-4-9)15-8-11-7-10(13(17)18)5-6-14-11/h1-2,5-7,9H,3-4,8H2,(H,15,16)(H,17,18). The van der Waals surface area contributed by atoms with Gasteiger partial charge in [0.15, 0.2) is 0 Å². The number of allylic oxidation sites excluding steroid dienone is 2. The number of nitrogens with zero attached hydrogens (tertiary/aromatic N) is 1. The van der Waals surface area contributed by atoms with Crippen molar-refractivity contribution in [1.82, 2.24) is 10.3 Å². The number of aromatic carboxylic acids is 1. The quantitative estimate of drug-likeness (QED) is 0.786. The lowest BCUT2D eigenvalue weighted by molar-refractivity contribution is -0.124. The van der Waals surface area contributed by atoms with E-state index in [2.05, 4.69) is 10.3 Å². The van der Waals surface area contributed by atoms with Crippen LogP contribution in [0.5, 0.6) is 0 Å². The molecule has 1 amide bonds. The number of hydrogen-bond acceptors (Lipinski definition) is 3. The zero-order valence-electron chi connectivity index (χ0n) is 9.80. The van der Waals surface area contributed by atoms with Crippen molar-refractivity contribution in [3.8, 4) is 0 Å². The molecule has 0 saturated carbocycles. The van der Waals surface area contributed by atoms with Gasteiger partial charge in [0.25, 0.3) is 0 Å². The van der Waals surface area contributed by atoms with Gasteiger partial charge in [-0.3, -0.25) is 9.78 Å². The van der Waals surface area contributed by atoms with E-state index in [1.807, 2.05) is 12.2 Å². The van der Waals surface area contributed by atoms with Gasteiger partial charge in [-0.1, -0.05) is 12.2 Å². The predicted octanol–water partition coefficient (Wildman–Crippen LogP) is 1.36. The van der Waals surface area contributed by atoms with Crippen LogP contribution < -0.4 is 5.32 Å². The first-order valence-electron chi connectivity index (χ1n) is 5.78. The molecule has 0 spiro atoms. The number of amides is 1. The molecular weight excluding hydrogens is 232 g/mol. The van der Waals surface area contributed by atoms with Gasteiger partial charge in [0.05, 0.1) is 17.8 Å². The average Bonchev–Trinajstić information content (AvgIpc) is 2.90. The van der Waals surface area contributed by atoms with E-state index in [4.69, 9.17) is 5.11 Å². The van der Waals surface area contributed by atoms with E-state index in [0.29, 0.717) is 5.69 Å². The summed E-state index contributed by atoms with van der Waals surface area (Å²) >= 11 is 0. The molecule has 0 aromatic carbocycles. The lowest BCUT2D eigenvalue weighted by Crippen LogP contribution is -2.29. The minimum atomic E-state index is -0.995. The summed E-state index contributed by atoms with van der Waals surface area (Å²) < 4.78 is 0. The zero-order valence-corrected chi connectivity index (χ0v) is 9.80. The third-order valence-electron chi connectivity index (χ3n) is 2.89. The van der Waals surface area contributed by atoms with Crippen LogP contribution in [0.15, 0.2) is 30.5 Å². The number of aromatic nitrogens is 1. The van der Waals surface area contributed by atoms with Crippen LogP contribution in [0.2, 0.25) is 0 Å². The summed E-state index contributed by atoms with van der Waals surface area (Å²) in [4.78, 5) is 26.5. The van der Waals surface area contributed by atoms with Gasteiger partial charge in [-0.2, -0.15) is 0 Å². The van der Waals surface area contributed by atoms with Crippen molar-refractivity contribution in [2.75, 3.05) is 0 Å². The van der Waals surface area contributed by atoms with Gasteiger partial charge in [-0.05, 0) is 25.0 Å². The Balaban J connectivity index is 1.91. The SMILES string of the molecule is O=C(O)c1ccnc(CNC(=O)C2CC=CC2)c1. The van der Waals surface area contributed by atoms with E-state index in [1.54, 1.807) is 0 Å². The Morgan fingerprint density at radius 1 is 1.39 bits per heavy atom. The molecule has 1 heterocycles. The van der Waals surface area contributed by atoms with Gasteiger partial charge in [0.1, 0.15) is 0 Å². The van der Waals surface area contributed by atoms with Gasteiger partial charge < -0.3 is 10.4 Å². The van der Waals surface area contributed by atoms with Crippen LogP contribution >= 0.6 is 0 Å². The van der Waals surface area contributed by atoms with Crippen LogP contribution in [-0.4, -0.2) is 22.0 Å². The Hall–Kier alpha value is -2.17. The first-order chi connectivity index (χ1) is 8.66. The van der Waals surface area contributed by atoms with Crippen LogP contribution in [0.3, 0.4) is 0 Å². The minimum Gasteiger partial charge on any atom is -0.478 e. The predicted molar refractivity (Wildman–Crippen MR) is 64.9 cm³/mol. The third-order valence-corrected chi connectivity index (χ3v) is 2.89. The second-order valence-corrected chi connectivity index (χ2v) is 4.20. The maximum absolute atomic E-state index is 11.7. The molecule has 0 unspecified atom stereocenters. The molecule has 0 radical (unpaired) electrons. The second-order valence-electron chi connectivity index (χ2n) is 4.20. The minimum absolute atomic E-state index is 0.00709. The summed E-state index contributed by atoms with van der Waals surface area (Å²) in [6.45, 7) is 0.260. The summed E-state index contributed by atoms with van der Waals surface area (Å²) in [5.74, 6) is -1.000. The fourth-order valence-electron chi connectivity index (χ4n) is 1.86. The maximum atomic E-state index is 11.7. The fourth-order valence-corrected chi connectivity index (χ4v) is 1.86. The van der Waals surface area contributed by atoms with E-state index in [-0.39, 0.29) is 23.9 Å². The number of carboxylic acid groups (broad SMARTS) is 1. The van der Waals surface area contributed by atoms with Crippen LogP contribution in [-0.2, 0) is 11.3 Å². The van der Waals surface area contributed by atoms with Crippen LogP contribution in [0.25, 0.3) is 0 Å². The van der Waals surface area contributed by atoms with E-state index in [9.17, 15) is 9.59 Å². The van der Waals surface area contributed by atoms with Crippen molar-refractivity contribution in [3.63, 3.8) is 0 Å². The Labute approximate surface area is 105 Å². The average molecular weight is 246 g/mol. The van der Waals surface area contributed by atoms with Gasteiger partial charge >= 0.3 is 5.97 Å². The highest BCUT2D eigenvalue weighted by atomic mass is 16.4. The smallest absolute Gasteiger partial charge is 0.335 e. The van der Waals surface area contributed by atoms with E-state index in [0.717, 1.165) is 12.8 Å². The number of pyridine rings is 1. The Morgan fingerprint density at radius 2 is 2.11 bits per heavy atom. The van der Waals surface area contributed by atoms with Gasteiger partial charge in [0, 0.05) is 12.1 Å². The summed E-state index contributed by atoms with van der Waals surface area (Å²) in [6, 6.07) is 2.89.